The molecule has 0 saturated heterocycles. The van der Waals surface area contributed by atoms with E-state index in [1.54, 1.807) is 24.9 Å². The third kappa shape index (κ3) is 4.75. The predicted octanol–water partition coefficient (Wildman–Crippen LogP) is 3.93. The summed E-state index contributed by atoms with van der Waals surface area (Å²) in [5.41, 5.74) is 3.81. The zero-order valence-electron chi connectivity index (χ0n) is 21.0. The fraction of sp³-hybridized carbons (Fsp3) is 0.423. The molecule has 0 bridgehead atoms. The maximum Gasteiger partial charge on any atom is 0.341 e. The van der Waals surface area contributed by atoms with Gasteiger partial charge in [0.2, 0.25) is 5.88 Å². The summed E-state index contributed by atoms with van der Waals surface area (Å²) in [7, 11) is 1.55. The van der Waals surface area contributed by atoms with Crippen molar-refractivity contribution < 1.29 is 19.0 Å². The standard InChI is InChI=1S/C26H30N6O4/c1-5-35-24(33)19-13-27-31(15-19)25-29-21-14-28-32(22(21)23(30-25)34-4)16-26(2,3)36-20-11-10-17-8-6-7-9-18(17)12-20/h10-15H,5-9,16H2,1-4H3. The van der Waals surface area contributed by atoms with Gasteiger partial charge in [-0.25, -0.2) is 14.5 Å². The largest absolute Gasteiger partial charge is 0.486 e. The number of nitrogens with zero attached hydrogens (tertiary/aromatic N) is 6. The van der Waals surface area contributed by atoms with Crippen LogP contribution < -0.4 is 9.47 Å². The van der Waals surface area contributed by atoms with E-state index in [1.807, 2.05) is 13.8 Å². The van der Waals surface area contributed by atoms with Crippen molar-refractivity contribution in [3.63, 3.8) is 0 Å². The molecule has 0 radical (unpaired) electrons. The normalized spacial score (nSPS) is 13.4. The number of benzene rings is 1. The van der Waals surface area contributed by atoms with E-state index in [0.29, 0.717) is 29.0 Å². The van der Waals surface area contributed by atoms with E-state index < -0.39 is 11.6 Å². The zero-order valence-corrected chi connectivity index (χ0v) is 21.0. The van der Waals surface area contributed by atoms with Crippen LogP contribution in [0.25, 0.3) is 17.0 Å². The molecule has 5 rings (SSSR count). The van der Waals surface area contributed by atoms with Gasteiger partial charge in [0.1, 0.15) is 22.4 Å². The molecule has 1 aliphatic rings. The van der Waals surface area contributed by atoms with Gasteiger partial charge in [-0.3, -0.25) is 4.68 Å². The second-order valence-electron chi connectivity index (χ2n) is 9.46. The summed E-state index contributed by atoms with van der Waals surface area (Å²) in [6.45, 7) is 6.55. The van der Waals surface area contributed by atoms with Crippen LogP contribution in [0.15, 0.2) is 36.8 Å². The van der Waals surface area contributed by atoms with Crippen LogP contribution in [-0.2, 0) is 24.1 Å². The average molecular weight is 491 g/mol. The lowest BCUT2D eigenvalue weighted by Crippen LogP contribution is -2.34. The minimum Gasteiger partial charge on any atom is -0.486 e. The van der Waals surface area contributed by atoms with Crippen LogP contribution in [0.5, 0.6) is 11.6 Å². The van der Waals surface area contributed by atoms with Crippen molar-refractivity contribution in [2.45, 2.75) is 58.6 Å². The minimum absolute atomic E-state index is 0.263. The van der Waals surface area contributed by atoms with Crippen LogP contribution in [0.2, 0.25) is 0 Å². The molecule has 0 aliphatic heterocycles. The molecular weight excluding hydrogens is 460 g/mol. The Balaban J connectivity index is 1.40. The summed E-state index contributed by atoms with van der Waals surface area (Å²) in [6.07, 6.45) is 9.33. The fourth-order valence-electron chi connectivity index (χ4n) is 4.56. The maximum atomic E-state index is 12.0. The number of methoxy groups -OCH3 is 1. The first kappa shape index (κ1) is 23.8. The summed E-state index contributed by atoms with van der Waals surface area (Å²) < 4.78 is 20.2. The molecule has 0 N–H and O–H groups in total. The maximum absolute atomic E-state index is 12.0. The summed E-state index contributed by atoms with van der Waals surface area (Å²) in [6, 6.07) is 6.41. The lowest BCUT2D eigenvalue weighted by Gasteiger charge is -2.28. The molecule has 0 unspecified atom stereocenters. The predicted molar refractivity (Wildman–Crippen MR) is 133 cm³/mol. The van der Waals surface area contributed by atoms with Crippen LogP contribution >= 0.6 is 0 Å². The smallest absolute Gasteiger partial charge is 0.341 e. The first-order valence-corrected chi connectivity index (χ1v) is 12.2. The van der Waals surface area contributed by atoms with Crippen LogP contribution in [0.4, 0.5) is 0 Å². The summed E-state index contributed by atoms with van der Waals surface area (Å²) in [5, 5.41) is 8.75. The van der Waals surface area contributed by atoms with Crippen molar-refractivity contribution in [1.29, 1.82) is 0 Å². The number of aromatic nitrogens is 6. The molecule has 1 aliphatic carbocycles. The minimum atomic E-state index is -0.554. The Kier molecular flexibility index (Phi) is 6.34. The highest BCUT2D eigenvalue weighted by Crippen LogP contribution is 2.29. The van der Waals surface area contributed by atoms with E-state index in [1.165, 1.54) is 41.0 Å². The van der Waals surface area contributed by atoms with E-state index in [0.717, 1.165) is 18.6 Å². The molecule has 0 spiro atoms. The lowest BCUT2D eigenvalue weighted by molar-refractivity contribution is 0.0526. The average Bonchev–Trinajstić information content (AvgIpc) is 3.51. The van der Waals surface area contributed by atoms with Gasteiger partial charge in [-0.1, -0.05) is 6.07 Å². The monoisotopic (exact) mass is 490 g/mol. The first-order valence-electron chi connectivity index (χ1n) is 12.2. The van der Waals surface area contributed by atoms with Gasteiger partial charge in [0, 0.05) is 6.20 Å². The zero-order chi connectivity index (χ0) is 25.3. The molecule has 10 nitrogen and oxygen atoms in total. The number of hydrogen-bond acceptors (Lipinski definition) is 8. The summed E-state index contributed by atoms with van der Waals surface area (Å²) in [5.74, 6) is 1.02. The molecule has 0 atom stereocenters. The number of ether oxygens (including phenoxy) is 3. The molecule has 4 aromatic rings. The second-order valence-corrected chi connectivity index (χ2v) is 9.46. The van der Waals surface area contributed by atoms with Crippen molar-refractivity contribution in [1.82, 2.24) is 29.5 Å². The number of carbonyl (C=O) groups is 1. The molecule has 1 aromatic carbocycles. The Morgan fingerprint density at radius 3 is 2.67 bits per heavy atom. The quantitative estimate of drug-likeness (QED) is 0.342. The van der Waals surface area contributed by atoms with Crippen LogP contribution in [0.3, 0.4) is 0 Å². The van der Waals surface area contributed by atoms with Gasteiger partial charge in [0.25, 0.3) is 5.95 Å². The third-order valence-corrected chi connectivity index (χ3v) is 6.18. The van der Waals surface area contributed by atoms with Crippen LogP contribution in [0.1, 0.15) is 55.1 Å². The number of fused-ring (bicyclic) bond motifs is 2. The van der Waals surface area contributed by atoms with Crippen molar-refractivity contribution in [2.75, 3.05) is 13.7 Å². The molecule has 3 heterocycles. The van der Waals surface area contributed by atoms with Crippen LogP contribution in [0, 0.1) is 0 Å². The molecule has 0 amide bonds. The Morgan fingerprint density at radius 1 is 1.08 bits per heavy atom. The van der Waals surface area contributed by atoms with Crippen molar-refractivity contribution in [3.8, 4) is 17.6 Å². The van der Waals surface area contributed by atoms with E-state index >= 15 is 0 Å². The van der Waals surface area contributed by atoms with Crippen LogP contribution in [-0.4, -0.2) is 54.8 Å². The van der Waals surface area contributed by atoms with Gasteiger partial charge in [0.05, 0.1) is 38.2 Å². The van der Waals surface area contributed by atoms with Gasteiger partial charge in [-0.2, -0.15) is 15.2 Å². The second kappa shape index (κ2) is 9.60. The van der Waals surface area contributed by atoms with Gasteiger partial charge < -0.3 is 14.2 Å². The molecule has 0 fully saturated rings. The highest BCUT2D eigenvalue weighted by atomic mass is 16.5. The molecule has 188 valence electrons. The first-order chi connectivity index (χ1) is 17.4. The number of rotatable bonds is 8. The van der Waals surface area contributed by atoms with Crippen molar-refractivity contribution >= 4 is 17.0 Å². The summed E-state index contributed by atoms with van der Waals surface area (Å²) in [4.78, 5) is 21.1. The van der Waals surface area contributed by atoms with E-state index in [4.69, 9.17) is 14.2 Å². The highest BCUT2D eigenvalue weighted by molar-refractivity contribution is 5.88. The highest BCUT2D eigenvalue weighted by Gasteiger charge is 2.25. The van der Waals surface area contributed by atoms with E-state index in [9.17, 15) is 4.79 Å². The van der Waals surface area contributed by atoms with Gasteiger partial charge in [-0.05, 0) is 69.7 Å². The number of esters is 1. The molecule has 3 aromatic heterocycles. The Labute approximate surface area is 209 Å². The number of carbonyl (C=O) groups excluding carboxylic acids is 1. The lowest BCUT2D eigenvalue weighted by atomic mass is 9.91. The topological polar surface area (TPSA) is 106 Å². The Bertz CT molecular complexity index is 1410. The van der Waals surface area contributed by atoms with Gasteiger partial charge >= 0.3 is 5.97 Å². The van der Waals surface area contributed by atoms with Crippen molar-refractivity contribution in [2.24, 2.45) is 0 Å². The number of aryl methyl sites for hydroxylation is 2. The Morgan fingerprint density at radius 2 is 1.89 bits per heavy atom. The van der Waals surface area contributed by atoms with E-state index in [-0.39, 0.29) is 12.6 Å². The summed E-state index contributed by atoms with van der Waals surface area (Å²) >= 11 is 0. The van der Waals surface area contributed by atoms with Gasteiger partial charge in [0.15, 0.2) is 0 Å². The fourth-order valence-corrected chi connectivity index (χ4v) is 4.56. The van der Waals surface area contributed by atoms with Crippen molar-refractivity contribution in [3.05, 3.63) is 53.5 Å². The Hall–Kier alpha value is -3.95. The molecule has 10 heteroatoms. The molecular formula is C26H30N6O4. The number of hydrogen-bond donors (Lipinski definition) is 0. The third-order valence-electron chi connectivity index (χ3n) is 6.18. The molecule has 36 heavy (non-hydrogen) atoms. The SMILES string of the molecule is CCOC(=O)c1cnn(-c2nc(OC)c3c(cnn3CC(C)(C)Oc3ccc4c(c3)CCCC4)n2)c1. The van der Waals surface area contributed by atoms with E-state index in [2.05, 4.69) is 38.4 Å². The van der Waals surface area contributed by atoms with Gasteiger partial charge in [-0.15, -0.1) is 0 Å². The molecule has 0 saturated carbocycles.